The van der Waals surface area contributed by atoms with Gasteiger partial charge >= 0.3 is 0 Å². The molecule has 0 unspecified atom stereocenters. The van der Waals surface area contributed by atoms with E-state index in [1.54, 1.807) is 6.07 Å². The molecule has 0 spiro atoms. The van der Waals surface area contributed by atoms with E-state index >= 15 is 0 Å². The molecule has 1 amide bonds. The molecule has 20 heavy (non-hydrogen) atoms. The Balaban J connectivity index is 2.56. The summed E-state index contributed by atoms with van der Waals surface area (Å²) < 4.78 is 24.2. The molecule has 1 N–H and O–H groups in total. The van der Waals surface area contributed by atoms with Crippen molar-refractivity contribution >= 4 is 21.6 Å². The van der Waals surface area contributed by atoms with Gasteiger partial charge in [-0.15, -0.1) is 6.58 Å². The molecule has 0 bridgehead atoms. The van der Waals surface area contributed by atoms with Crippen LogP contribution in [0.4, 0.5) is 5.69 Å². The summed E-state index contributed by atoms with van der Waals surface area (Å²) in [4.78, 5) is 11.8. The Bertz CT molecular complexity index is 582. The van der Waals surface area contributed by atoms with Crippen molar-refractivity contribution in [2.75, 3.05) is 24.7 Å². The average Bonchev–Trinajstić information content (AvgIpc) is 2.33. The molecule has 0 atom stereocenters. The van der Waals surface area contributed by atoms with Crippen LogP contribution >= 0.6 is 0 Å². The molecule has 1 aromatic rings. The van der Waals surface area contributed by atoms with Gasteiger partial charge in [0.1, 0.15) is 0 Å². The van der Waals surface area contributed by atoms with E-state index in [1.807, 2.05) is 25.1 Å². The summed E-state index contributed by atoms with van der Waals surface area (Å²) in [5, 5.41) is 2.75. The highest BCUT2D eigenvalue weighted by Gasteiger charge is 2.16. The minimum Gasteiger partial charge on any atom is -0.326 e. The maximum atomic E-state index is 11.8. The number of amides is 1. The first-order valence-electron chi connectivity index (χ1n) is 6.25. The van der Waals surface area contributed by atoms with Crippen LogP contribution in [0.15, 0.2) is 36.9 Å². The minimum atomic E-state index is -3.32. The lowest BCUT2D eigenvalue weighted by Gasteiger charge is -2.17. The Hall–Kier alpha value is -1.66. The second kappa shape index (κ2) is 7.21. The molecule has 0 aliphatic heterocycles. The Morgan fingerprint density at radius 1 is 1.45 bits per heavy atom. The van der Waals surface area contributed by atoms with Gasteiger partial charge in [-0.3, -0.25) is 4.79 Å². The molecule has 0 saturated carbocycles. The van der Waals surface area contributed by atoms with Crippen molar-refractivity contribution in [3.05, 3.63) is 42.5 Å². The molecule has 5 nitrogen and oxygen atoms in total. The third-order valence-corrected chi connectivity index (χ3v) is 3.96. The number of carbonyl (C=O) groups is 1. The van der Waals surface area contributed by atoms with Crippen LogP contribution in [0.3, 0.4) is 0 Å². The number of anilines is 1. The number of hydrogen-bond acceptors (Lipinski definition) is 3. The number of sulfonamides is 1. The monoisotopic (exact) mass is 296 g/mol. The maximum absolute atomic E-state index is 11.8. The maximum Gasteiger partial charge on any atom is 0.225 e. The van der Waals surface area contributed by atoms with Crippen molar-refractivity contribution in [3.8, 4) is 0 Å². The molecule has 0 aliphatic carbocycles. The number of hydrogen-bond donors (Lipinski definition) is 1. The third kappa shape index (κ3) is 5.54. The largest absolute Gasteiger partial charge is 0.326 e. The van der Waals surface area contributed by atoms with Gasteiger partial charge in [0.05, 0.1) is 6.26 Å². The highest BCUT2D eigenvalue weighted by molar-refractivity contribution is 7.88. The topological polar surface area (TPSA) is 66.5 Å². The van der Waals surface area contributed by atoms with E-state index in [4.69, 9.17) is 0 Å². The van der Waals surface area contributed by atoms with Crippen LogP contribution in [0.1, 0.15) is 12.0 Å². The number of rotatable bonds is 7. The summed E-state index contributed by atoms with van der Waals surface area (Å²) in [5.41, 5.74) is 1.76. The van der Waals surface area contributed by atoms with Gasteiger partial charge in [-0.1, -0.05) is 18.2 Å². The zero-order chi connectivity index (χ0) is 15.2. The zero-order valence-corrected chi connectivity index (χ0v) is 12.6. The molecule has 1 aromatic carbocycles. The molecule has 0 radical (unpaired) electrons. The average molecular weight is 296 g/mol. The van der Waals surface area contributed by atoms with Crippen LogP contribution in [0.25, 0.3) is 0 Å². The first-order valence-corrected chi connectivity index (χ1v) is 8.10. The molecule has 0 saturated heterocycles. The van der Waals surface area contributed by atoms with E-state index < -0.39 is 10.0 Å². The molecule has 0 heterocycles. The quantitative estimate of drug-likeness (QED) is 0.780. The minimum absolute atomic E-state index is 0.106. The lowest BCUT2D eigenvalue weighted by atomic mass is 10.2. The summed E-state index contributed by atoms with van der Waals surface area (Å²) in [7, 11) is -3.32. The number of benzene rings is 1. The fourth-order valence-corrected chi connectivity index (χ4v) is 2.51. The van der Waals surface area contributed by atoms with Crippen molar-refractivity contribution in [3.63, 3.8) is 0 Å². The standard InChI is InChI=1S/C14H20N2O3S/c1-4-9-16(20(3,18)19)10-8-14(17)15-13-7-5-6-12(2)11-13/h4-7,11H,1,8-10H2,2-3H3,(H,15,17). The molecule has 1 rings (SSSR count). The van der Waals surface area contributed by atoms with Crippen molar-refractivity contribution in [2.45, 2.75) is 13.3 Å². The highest BCUT2D eigenvalue weighted by Crippen LogP contribution is 2.10. The number of nitrogens with zero attached hydrogens (tertiary/aromatic N) is 1. The van der Waals surface area contributed by atoms with Crippen LogP contribution < -0.4 is 5.32 Å². The molecule has 0 fully saturated rings. The Kier molecular flexibility index (Phi) is 5.91. The Morgan fingerprint density at radius 3 is 2.70 bits per heavy atom. The van der Waals surface area contributed by atoms with Gasteiger partial charge in [0.2, 0.25) is 15.9 Å². The van der Waals surface area contributed by atoms with Crippen molar-refractivity contribution < 1.29 is 13.2 Å². The van der Waals surface area contributed by atoms with Crippen LogP contribution in [0, 0.1) is 6.92 Å². The smallest absolute Gasteiger partial charge is 0.225 e. The van der Waals surface area contributed by atoms with E-state index in [-0.39, 0.29) is 25.4 Å². The first-order chi connectivity index (χ1) is 9.32. The SMILES string of the molecule is C=CCN(CCC(=O)Nc1cccc(C)c1)S(C)(=O)=O. The molecule has 0 aromatic heterocycles. The number of nitrogens with one attached hydrogen (secondary N) is 1. The highest BCUT2D eigenvalue weighted by atomic mass is 32.2. The Morgan fingerprint density at radius 2 is 2.15 bits per heavy atom. The lowest BCUT2D eigenvalue weighted by Crippen LogP contribution is -2.33. The van der Waals surface area contributed by atoms with Gasteiger partial charge in [-0.2, -0.15) is 4.31 Å². The molecular formula is C14H20N2O3S. The van der Waals surface area contributed by atoms with Crippen molar-refractivity contribution in [1.82, 2.24) is 4.31 Å². The summed E-state index contributed by atoms with van der Waals surface area (Å²) in [5.74, 6) is -0.215. The van der Waals surface area contributed by atoms with Crippen LogP contribution in [-0.2, 0) is 14.8 Å². The van der Waals surface area contributed by atoms with Crippen molar-refractivity contribution in [2.24, 2.45) is 0 Å². The van der Waals surface area contributed by atoms with Gasteiger partial charge in [0, 0.05) is 25.2 Å². The molecular weight excluding hydrogens is 276 g/mol. The van der Waals surface area contributed by atoms with Crippen LogP contribution in [0.5, 0.6) is 0 Å². The normalized spacial score (nSPS) is 11.3. The molecule has 6 heteroatoms. The second-order valence-electron chi connectivity index (χ2n) is 4.58. The summed E-state index contributed by atoms with van der Waals surface area (Å²) in [6.07, 6.45) is 2.73. The Labute approximate surface area is 120 Å². The summed E-state index contributed by atoms with van der Waals surface area (Å²) >= 11 is 0. The number of aryl methyl sites for hydroxylation is 1. The van der Waals surface area contributed by atoms with E-state index in [2.05, 4.69) is 11.9 Å². The van der Waals surface area contributed by atoms with E-state index in [0.29, 0.717) is 5.69 Å². The van der Waals surface area contributed by atoms with E-state index in [9.17, 15) is 13.2 Å². The second-order valence-corrected chi connectivity index (χ2v) is 6.56. The van der Waals surface area contributed by atoms with Gasteiger partial charge in [0.25, 0.3) is 0 Å². The van der Waals surface area contributed by atoms with Crippen molar-refractivity contribution in [1.29, 1.82) is 0 Å². The van der Waals surface area contributed by atoms with Gasteiger partial charge in [-0.25, -0.2) is 8.42 Å². The predicted molar refractivity (Wildman–Crippen MR) is 81.0 cm³/mol. The van der Waals surface area contributed by atoms with E-state index in [1.165, 1.54) is 10.4 Å². The van der Waals surface area contributed by atoms with Gasteiger partial charge in [-0.05, 0) is 24.6 Å². The van der Waals surface area contributed by atoms with E-state index in [0.717, 1.165) is 11.8 Å². The fourth-order valence-electron chi connectivity index (χ4n) is 1.71. The zero-order valence-electron chi connectivity index (χ0n) is 11.8. The van der Waals surface area contributed by atoms with Gasteiger partial charge < -0.3 is 5.32 Å². The fraction of sp³-hybridized carbons (Fsp3) is 0.357. The summed E-state index contributed by atoms with van der Waals surface area (Å²) in [6, 6.07) is 7.44. The van der Waals surface area contributed by atoms with Gasteiger partial charge in [0.15, 0.2) is 0 Å². The van der Waals surface area contributed by atoms with Crippen LogP contribution in [-0.4, -0.2) is 38.0 Å². The predicted octanol–water partition coefficient (Wildman–Crippen LogP) is 1.77. The summed E-state index contributed by atoms with van der Waals surface area (Å²) in [6.45, 7) is 5.79. The first kappa shape index (κ1) is 16.4. The third-order valence-electron chi connectivity index (χ3n) is 2.69. The van der Waals surface area contributed by atoms with Crippen LogP contribution in [0.2, 0.25) is 0 Å². The lowest BCUT2D eigenvalue weighted by molar-refractivity contribution is -0.116. The molecule has 0 aliphatic rings. The molecule has 110 valence electrons. The number of carbonyl (C=O) groups excluding carboxylic acids is 1.